The van der Waals surface area contributed by atoms with Crippen molar-refractivity contribution in [3.63, 3.8) is 0 Å². The van der Waals surface area contributed by atoms with Crippen LogP contribution >= 0.6 is 0 Å². The molecular weight excluding hydrogens is 356 g/mol. The third kappa shape index (κ3) is 3.44. The number of fused-ring (bicyclic) bond motifs is 1. The average Bonchev–Trinajstić information content (AvgIpc) is 3.32. The van der Waals surface area contributed by atoms with E-state index in [0.717, 1.165) is 11.4 Å². The van der Waals surface area contributed by atoms with E-state index in [0.29, 0.717) is 22.9 Å². The first-order valence-electron chi connectivity index (χ1n) is 8.59. The van der Waals surface area contributed by atoms with E-state index in [4.69, 9.17) is 9.47 Å². The Kier molecular flexibility index (Phi) is 4.52. The van der Waals surface area contributed by atoms with Gasteiger partial charge in [0.05, 0.1) is 11.4 Å². The molecule has 0 radical (unpaired) electrons. The summed E-state index contributed by atoms with van der Waals surface area (Å²) >= 11 is 0. The van der Waals surface area contributed by atoms with Crippen LogP contribution in [0.2, 0.25) is 0 Å². The minimum absolute atomic E-state index is 0.0302. The molecule has 7 nitrogen and oxygen atoms in total. The van der Waals surface area contributed by atoms with E-state index in [1.807, 2.05) is 43.3 Å². The monoisotopic (exact) mass is 372 g/mol. The van der Waals surface area contributed by atoms with E-state index >= 15 is 0 Å². The number of rotatable bonds is 4. The van der Waals surface area contributed by atoms with Crippen molar-refractivity contribution in [1.29, 1.82) is 5.26 Å². The highest BCUT2D eigenvalue weighted by atomic mass is 16.7. The summed E-state index contributed by atoms with van der Waals surface area (Å²) < 4.78 is 12.2. The Balaban J connectivity index is 1.60. The second kappa shape index (κ2) is 7.29. The van der Waals surface area contributed by atoms with Gasteiger partial charge in [-0.05, 0) is 42.8 Å². The molecule has 0 saturated heterocycles. The molecule has 1 aromatic heterocycles. The number of aryl methyl sites for hydroxylation is 1. The van der Waals surface area contributed by atoms with Crippen molar-refractivity contribution >= 4 is 17.8 Å². The first-order chi connectivity index (χ1) is 13.6. The minimum atomic E-state index is -0.516. The van der Waals surface area contributed by atoms with Crippen LogP contribution in [0.5, 0.6) is 11.5 Å². The quantitative estimate of drug-likeness (QED) is 0.560. The predicted octanol–water partition coefficient (Wildman–Crippen LogP) is 3.46. The molecule has 0 atom stereocenters. The Morgan fingerprint density at radius 2 is 1.96 bits per heavy atom. The molecule has 0 spiro atoms. The second-order valence-corrected chi connectivity index (χ2v) is 6.15. The summed E-state index contributed by atoms with van der Waals surface area (Å²) in [7, 11) is 0. The van der Waals surface area contributed by atoms with Crippen molar-refractivity contribution in [2.24, 2.45) is 0 Å². The van der Waals surface area contributed by atoms with Crippen molar-refractivity contribution < 1.29 is 14.3 Å². The lowest BCUT2D eigenvalue weighted by Crippen LogP contribution is -2.16. The largest absolute Gasteiger partial charge is 0.454 e. The number of hydrogen-bond donors (Lipinski definition) is 1. The number of carbonyl (C=O) groups excluding carboxylic acids is 1. The third-order valence-corrected chi connectivity index (χ3v) is 4.15. The van der Waals surface area contributed by atoms with E-state index in [2.05, 4.69) is 10.4 Å². The zero-order chi connectivity index (χ0) is 19.5. The van der Waals surface area contributed by atoms with Crippen LogP contribution in [-0.2, 0) is 4.79 Å². The minimum Gasteiger partial charge on any atom is -0.454 e. The Morgan fingerprint density at radius 3 is 2.75 bits per heavy atom. The third-order valence-electron chi connectivity index (χ3n) is 4.15. The smallest absolute Gasteiger partial charge is 0.267 e. The lowest BCUT2D eigenvalue weighted by atomic mass is 10.1. The second-order valence-electron chi connectivity index (χ2n) is 6.15. The molecule has 2 aromatic carbocycles. The van der Waals surface area contributed by atoms with Gasteiger partial charge < -0.3 is 14.8 Å². The normalized spacial score (nSPS) is 12.5. The molecule has 1 amide bonds. The molecule has 0 aliphatic carbocycles. The highest BCUT2D eigenvalue weighted by Crippen LogP contribution is 2.33. The van der Waals surface area contributed by atoms with Crippen LogP contribution in [0.3, 0.4) is 0 Å². The summed E-state index contributed by atoms with van der Waals surface area (Å²) in [4.78, 5) is 12.7. The highest BCUT2D eigenvalue weighted by molar-refractivity contribution is 6.09. The van der Waals surface area contributed by atoms with Crippen molar-refractivity contribution in [3.05, 3.63) is 71.4 Å². The predicted molar refractivity (Wildman–Crippen MR) is 103 cm³/mol. The zero-order valence-corrected chi connectivity index (χ0v) is 15.0. The highest BCUT2D eigenvalue weighted by Gasteiger charge is 2.16. The molecular formula is C21H16N4O3. The maximum absolute atomic E-state index is 12.7. The van der Waals surface area contributed by atoms with Crippen LogP contribution in [-0.4, -0.2) is 22.5 Å². The van der Waals surface area contributed by atoms with Gasteiger partial charge in [0.25, 0.3) is 5.91 Å². The molecule has 0 fully saturated rings. The van der Waals surface area contributed by atoms with Gasteiger partial charge in [-0.3, -0.25) is 4.79 Å². The summed E-state index contributed by atoms with van der Waals surface area (Å²) in [6.07, 6.45) is 1.51. The van der Waals surface area contributed by atoms with Gasteiger partial charge in [0.1, 0.15) is 17.5 Å². The molecule has 1 N–H and O–H groups in total. The molecule has 4 rings (SSSR count). The summed E-state index contributed by atoms with van der Waals surface area (Å²) in [6, 6.07) is 18.4. The van der Waals surface area contributed by atoms with E-state index < -0.39 is 5.91 Å². The lowest BCUT2D eigenvalue weighted by Gasteiger charge is -2.08. The van der Waals surface area contributed by atoms with Crippen LogP contribution in [0.15, 0.2) is 60.2 Å². The molecule has 0 unspecified atom stereocenters. The van der Waals surface area contributed by atoms with Gasteiger partial charge in [0, 0.05) is 6.07 Å². The first-order valence-corrected chi connectivity index (χ1v) is 8.59. The molecule has 7 heteroatoms. The molecule has 28 heavy (non-hydrogen) atoms. The number of anilines is 1. The Morgan fingerprint density at radius 1 is 1.18 bits per heavy atom. The number of ether oxygens (including phenoxy) is 2. The van der Waals surface area contributed by atoms with Crippen LogP contribution in [0.25, 0.3) is 11.8 Å². The van der Waals surface area contributed by atoms with Crippen LogP contribution in [0, 0.1) is 18.3 Å². The van der Waals surface area contributed by atoms with Crippen molar-refractivity contribution in [2.75, 3.05) is 12.1 Å². The molecule has 1 aliphatic rings. The van der Waals surface area contributed by atoms with Crippen molar-refractivity contribution in [2.45, 2.75) is 6.92 Å². The Bertz CT molecular complexity index is 1110. The summed E-state index contributed by atoms with van der Waals surface area (Å²) in [5.41, 5.74) is 2.20. The summed E-state index contributed by atoms with van der Waals surface area (Å²) in [5.74, 6) is 1.20. The standard InChI is InChI=1S/C21H16N4O3/c1-14-9-20(25(24-14)17-5-3-2-4-6-17)23-21(26)16(12-22)10-15-7-8-18-19(11-15)28-13-27-18/h2-11H,13H2,1H3,(H,23,26). The fourth-order valence-electron chi connectivity index (χ4n) is 2.86. The SMILES string of the molecule is Cc1cc(NC(=O)C(C#N)=Cc2ccc3c(c2)OCO3)n(-c2ccccc2)n1. The molecule has 138 valence electrons. The Hall–Kier alpha value is -4.05. The number of nitrogens with zero attached hydrogens (tertiary/aromatic N) is 3. The summed E-state index contributed by atoms with van der Waals surface area (Å²) in [5, 5.41) is 16.6. The number of benzene rings is 2. The zero-order valence-electron chi connectivity index (χ0n) is 15.0. The maximum Gasteiger partial charge on any atom is 0.267 e. The van der Waals surface area contributed by atoms with Gasteiger partial charge in [0.15, 0.2) is 11.5 Å². The number of aromatic nitrogens is 2. The van der Waals surface area contributed by atoms with Crippen molar-refractivity contribution in [3.8, 4) is 23.3 Å². The number of nitriles is 1. The average molecular weight is 372 g/mol. The van der Waals surface area contributed by atoms with Crippen LogP contribution < -0.4 is 14.8 Å². The van der Waals surface area contributed by atoms with Gasteiger partial charge in [-0.25, -0.2) is 4.68 Å². The number of amides is 1. The number of carbonyl (C=O) groups is 1. The first kappa shape index (κ1) is 17.4. The fourth-order valence-corrected chi connectivity index (χ4v) is 2.86. The van der Waals surface area contributed by atoms with E-state index in [9.17, 15) is 10.1 Å². The number of hydrogen-bond acceptors (Lipinski definition) is 5. The van der Waals surface area contributed by atoms with Gasteiger partial charge in [-0.2, -0.15) is 10.4 Å². The fraction of sp³-hybridized carbons (Fsp3) is 0.0952. The molecule has 0 bridgehead atoms. The molecule has 1 aliphatic heterocycles. The van der Waals surface area contributed by atoms with Crippen LogP contribution in [0.4, 0.5) is 5.82 Å². The summed E-state index contributed by atoms with van der Waals surface area (Å²) in [6.45, 7) is 2.00. The topological polar surface area (TPSA) is 89.2 Å². The van der Waals surface area contributed by atoms with E-state index in [1.54, 1.807) is 28.9 Å². The van der Waals surface area contributed by atoms with Gasteiger partial charge in [-0.15, -0.1) is 0 Å². The molecule has 3 aromatic rings. The Labute approximate surface area is 161 Å². The van der Waals surface area contributed by atoms with Gasteiger partial charge in [-0.1, -0.05) is 24.3 Å². The van der Waals surface area contributed by atoms with Crippen molar-refractivity contribution in [1.82, 2.24) is 9.78 Å². The van der Waals surface area contributed by atoms with E-state index in [1.165, 1.54) is 6.08 Å². The van der Waals surface area contributed by atoms with Crippen LogP contribution in [0.1, 0.15) is 11.3 Å². The maximum atomic E-state index is 12.7. The molecule has 2 heterocycles. The van der Waals surface area contributed by atoms with Gasteiger partial charge >= 0.3 is 0 Å². The number of para-hydroxylation sites is 1. The number of nitrogens with one attached hydrogen (secondary N) is 1. The van der Waals surface area contributed by atoms with E-state index in [-0.39, 0.29) is 12.4 Å². The molecule has 0 saturated carbocycles. The van der Waals surface area contributed by atoms with Gasteiger partial charge in [0.2, 0.25) is 6.79 Å². The lowest BCUT2D eigenvalue weighted by molar-refractivity contribution is -0.112.